The first-order chi connectivity index (χ1) is 16.0. The van der Waals surface area contributed by atoms with Crippen molar-refractivity contribution in [1.29, 1.82) is 0 Å². The number of pyridine rings is 1. The minimum absolute atomic E-state index is 0.215. The van der Waals surface area contributed by atoms with Crippen LogP contribution in [0.2, 0.25) is 0 Å². The predicted molar refractivity (Wildman–Crippen MR) is 122 cm³/mol. The number of hydrogen-bond donors (Lipinski definition) is 1. The van der Waals surface area contributed by atoms with Crippen molar-refractivity contribution in [3.05, 3.63) is 65.2 Å². The third kappa shape index (κ3) is 3.99. The van der Waals surface area contributed by atoms with Gasteiger partial charge < -0.3 is 14.6 Å². The van der Waals surface area contributed by atoms with Gasteiger partial charge in [0, 0.05) is 30.9 Å². The molecule has 0 atom stereocenters. The molecule has 0 unspecified atom stereocenters. The Kier molecular flexibility index (Phi) is 5.41. The molecule has 0 spiro atoms. The number of nitrogens with zero attached hydrogens (tertiary/aromatic N) is 6. The normalized spacial score (nSPS) is 18.4. The van der Waals surface area contributed by atoms with E-state index in [1.54, 1.807) is 50.2 Å². The Hall–Kier alpha value is -3.95. The topological polar surface area (TPSA) is 109 Å². The maximum absolute atomic E-state index is 13.0. The van der Waals surface area contributed by atoms with Crippen molar-refractivity contribution in [3.8, 4) is 5.75 Å². The highest BCUT2D eigenvalue weighted by Crippen LogP contribution is 2.35. The Labute approximate surface area is 189 Å². The number of amides is 1. The summed E-state index contributed by atoms with van der Waals surface area (Å²) in [4.78, 5) is 29.3. The minimum atomic E-state index is -0.404. The summed E-state index contributed by atoms with van der Waals surface area (Å²) in [6.45, 7) is 0. The Bertz CT molecular complexity index is 1350. The smallest absolute Gasteiger partial charge is 0.274 e. The molecule has 10 nitrogen and oxygen atoms in total. The van der Waals surface area contributed by atoms with E-state index in [4.69, 9.17) is 9.84 Å². The van der Waals surface area contributed by atoms with Crippen molar-refractivity contribution in [2.45, 2.75) is 37.8 Å². The molecule has 3 aromatic heterocycles. The molecule has 0 bridgehead atoms. The molecule has 0 aliphatic heterocycles. The number of rotatable bonds is 5. The highest BCUT2D eigenvalue weighted by atomic mass is 16.5. The molecule has 33 heavy (non-hydrogen) atoms. The molecule has 4 aromatic rings. The molecular formula is C23H25N7O3. The Balaban J connectivity index is 1.38. The second-order valence-electron chi connectivity index (χ2n) is 8.35. The molecule has 0 saturated heterocycles. The van der Waals surface area contributed by atoms with Crippen molar-refractivity contribution in [3.63, 3.8) is 0 Å². The number of ether oxygens (including phenoxy) is 1. The molecule has 170 valence electrons. The molecule has 1 aliphatic rings. The number of nitrogens with one attached hydrogen (secondary N) is 1. The van der Waals surface area contributed by atoms with Gasteiger partial charge in [-0.1, -0.05) is 0 Å². The van der Waals surface area contributed by atoms with Gasteiger partial charge in [-0.3, -0.25) is 14.3 Å². The van der Waals surface area contributed by atoms with Crippen LogP contribution in [0.3, 0.4) is 0 Å². The van der Waals surface area contributed by atoms with Gasteiger partial charge in [-0.2, -0.15) is 10.2 Å². The highest BCUT2D eigenvalue weighted by molar-refractivity contribution is 6.08. The minimum Gasteiger partial charge on any atom is -0.496 e. The molecule has 1 fully saturated rings. The van der Waals surface area contributed by atoms with Crippen LogP contribution in [0.5, 0.6) is 5.75 Å². The SMILES string of the molecule is COc1cc2nn(C3CCC(n4cncn4)CC3)cc2cc1C(=O)Nc1cccn(C)c1=O. The zero-order chi connectivity index (χ0) is 22.9. The fraction of sp³-hybridized carbons (Fsp3) is 0.348. The van der Waals surface area contributed by atoms with Gasteiger partial charge in [0.25, 0.3) is 11.5 Å². The summed E-state index contributed by atoms with van der Waals surface area (Å²) < 4.78 is 10.8. The van der Waals surface area contributed by atoms with Crippen molar-refractivity contribution >= 4 is 22.5 Å². The summed E-state index contributed by atoms with van der Waals surface area (Å²) in [6, 6.07) is 7.48. The predicted octanol–water partition coefficient (Wildman–Crippen LogP) is 2.94. The largest absolute Gasteiger partial charge is 0.496 e. The number of carbonyl (C=O) groups is 1. The second kappa shape index (κ2) is 8.53. The van der Waals surface area contributed by atoms with Gasteiger partial charge in [0.1, 0.15) is 24.1 Å². The highest BCUT2D eigenvalue weighted by Gasteiger charge is 2.25. The summed E-state index contributed by atoms with van der Waals surface area (Å²) in [6.07, 6.45) is 11.0. The molecule has 10 heteroatoms. The number of anilines is 1. The summed E-state index contributed by atoms with van der Waals surface area (Å²) in [5.74, 6) is 0.00559. The maximum Gasteiger partial charge on any atom is 0.274 e. The van der Waals surface area contributed by atoms with Crippen LogP contribution in [0.4, 0.5) is 5.69 Å². The van der Waals surface area contributed by atoms with Crippen molar-refractivity contribution in [2.75, 3.05) is 12.4 Å². The lowest BCUT2D eigenvalue weighted by atomic mass is 9.91. The number of aromatic nitrogens is 6. The molecule has 0 radical (unpaired) electrons. The molecule has 3 heterocycles. The van der Waals surface area contributed by atoms with Crippen LogP contribution in [-0.4, -0.2) is 42.1 Å². The lowest BCUT2D eigenvalue weighted by molar-refractivity contribution is 0.102. The van der Waals surface area contributed by atoms with Gasteiger partial charge in [0.2, 0.25) is 0 Å². The van der Waals surface area contributed by atoms with E-state index >= 15 is 0 Å². The number of methoxy groups -OCH3 is 1. The van der Waals surface area contributed by atoms with Crippen LogP contribution in [-0.2, 0) is 7.05 Å². The maximum atomic E-state index is 13.0. The van der Waals surface area contributed by atoms with E-state index < -0.39 is 5.91 Å². The molecule has 1 aromatic carbocycles. The Morgan fingerprint density at radius 2 is 1.91 bits per heavy atom. The quantitative estimate of drug-likeness (QED) is 0.504. The average molecular weight is 447 g/mol. The third-order valence-electron chi connectivity index (χ3n) is 6.31. The Morgan fingerprint density at radius 1 is 1.15 bits per heavy atom. The van der Waals surface area contributed by atoms with Crippen molar-refractivity contribution < 1.29 is 9.53 Å². The van der Waals surface area contributed by atoms with Gasteiger partial charge in [0.05, 0.1) is 30.3 Å². The molecule has 1 amide bonds. The van der Waals surface area contributed by atoms with Gasteiger partial charge in [-0.05, 0) is 43.9 Å². The number of aryl methyl sites for hydroxylation is 1. The zero-order valence-corrected chi connectivity index (χ0v) is 18.5. The summed E-state index contributed by atoms with van der Waals surface area (Å²) in [5.41, 5.74) is 1.05. The van der Waals surface area contributed by atoms with E-state index in [0.717, 1.165) is 36.6 Å². The standard InChI is InChI=1S/C23H25N7O3/c1-28-9-3-4-19(23(28)32)26-22(31)18-10-15-12-29(27-20(15)11-21(18)33-2)16-5-7-17(8-6-16)30-14-24-13-25-30/h3-4,9-14,16-17H,5-8H2,1-2H3,(H,26,31). The molecular weight excluding hydrogens is 422 g/mol. The van der Waals surface area contributed by atoms with E-state index in [-0.39, 0.29) is 17.3 Å². The van der Waals surface area contributed by atoms with E-state index in [0.29, 0.717) is 17.4 Å². The fourth-order valence-corrected chi connectivity index (χ4v) is 4.48. The number of carbonyl (C=O) groups excluding carboxylic acids is 1. The van der Waals surface area contributed by atoms with Crippen LogP contribution in [0.1, 0.15) is 48.1 Å². The van der Waals surface area contributed by atoms with Crippen LogP contribution in [0.15, 0.2) is 54.1 Å². The molecule has 1 N–H and O–H groups in total. The fourth-order valence-electron chi connectivity index (χ4n) is 4.48. The van der Waals surface area contributed by atoms with E-state index in [9.17, 15) is 9.59 Å². The third-order valence-corrected chi connectivity index (χ3v) is 6.31. The van der Waals surface area contributed by atoms with Crippen LogP contribution in [0, 0.1) is 0 Å². The lowest BCUT2D eigenvalue weighted by Crippen LogP contribution is -2.23. The summed E-state index contributed by atoms with van der Waals surface area (Å²) in [5, 5.41) is 12.6. The van der Waals surface area contributed by atoms with E-state index in [2.05, 4.69) is 15.4 Å². The summed E-state index contributed by atoms with van der Waals surface area (Å²) in [7, 11) is 3.15. The number of fused-ring (bicyclic) bond motifs is 1. The lowest BCUT2D eigenvalue weighted by Gasteiger charge is -2.28. The molecule has 1 saturated carbocycles. The van der Waals surface area contributed by atoms with Crippen molar-refractivity contribution in [2.24, 2.45) is 7.05 Å². The molecule has 1 aliphatic carbocycles. The van der Waals surface area contributed by atoms with Crippen molar-refractivity contribution in [1.82, 2.24) is 29.1 Å². The first kappa shape index (κ1) is 20.9. The monoisotopic (exact) mass is 447 g/mol. The van der Waals surface area contributed by atoms with Crippen LogP contribution >= 0.6 is 0 Å². The zero-order valence-electron chi connectivity index (χ0n) is 18.5. The van der Waals surface area contributed by atoms with Gasteiger partial charge in [0.15, 0.2) is 0 Å². The van der Waals surface area contributed by atoms with Crippen LogP contribution in [0.25, 0.3) is 10.9 Å². The Morgan fingerprint density at radius 3 is 2.61 bits per heavy atom. The average Bonchev–Trinajstić information content (AvgIpc) is 3.51. The first-order valence-electron chi connectivity index (χ1n) is 10.9. The molecule has 5 rings (SSSR count). The van der Waals surface area contributed by atoms with Crippen LogP contribution < -0.4 is 15.6 Å². The van der Waals surface area contributed by atoms with Gasteiger partial charge in [-0.25, -0.2) is 9.67 Å². The van der Waals surface area contributed by atoms with Gasteiger partial charge >= 0.3 is 0 Å². The van der Waals surface area contributed by atoms with E-state index in [1.807, 2.05) is 15.6 Å². The first-order valence-corrected chi connectivity index (χ1v) is 10.9. The number of benzene rings is 1. The second-order valence-corrected chi connectivity index (χ2v) is 8.35. The van der Waals surface area contributed by atoms with E-state index in [1.165, 1.54) is 11.7 Å². The van der Waals surface area contributed by atoms with Gasteiger partial charge in [-0.15, -0.1) is 0 Å². The number of hydrogen-bond acceptors (Lipinski definition) is 6. The summed E-state index contributed by atoms with van der Waals surface area (Å²) >= 11 is 0.